The maximum Gasteiger partial charge on any atom is 0.334 e. The summed E-state index contributed by atoms with van der Waals surface area (Å²) < 4.78 is 8.43. The second-order valence-corrected chi connectivity index (χ2v) is 8.75. The number of carbonyl (C=O) groups is 2. The van der Waals surface area contributed by atoms with Crippen LogP contribution >= 0.6 is 35.8 Å². The quantitative estimate of drug-likeness (QED) is 0.323. The molecule has 4 nitrogen and oxygen atoms in total. The molecule has 7 heteroatoms. The lowest BCUT2D eigenvalue weighted by atomic mass is 9.74. The van der Waals surface area contributed by atoms with Gasteiger partial charge in [-0.2, -0.15) is 0 Å². The fourth-order valence-electron chi connectivity index (χ4n) is 3.21. The van der Waals surface area contributed by atoms with Crippen LogP contribution in [-0.2, 0) is 25.5 Å². The van der Waals surface area contributed by atoms with Crippen molar-refractivity contribution in [3.05, 3.63) is 63.6 Å². The van der Waals surface area contributed by atoms with Crippen LogP contribution in [0, 0.1) is 5.41 Å². The van der Waals surface area contributed by atoms with Gasteiger partial charge in [-0.1, -0.05) is 55.2 Å². The van der Waals surface area contributed by atoms with E-state index in [-0.39, 0.29) is 22.2 Å². The maximum atomic E-state index is 13.7. The smallest absolute Gasteiger partial charge is 0.334 e. The average molecular weight is 455 g/mol. The predicted octanol–water partition coefficient (Wildman–Crippen LogP) is 5.53. The Bertz CT molecular complexity index is 876. The van der Waals surface area contributed by atoms with Gasteiger partial charge in [0.25, 0.3) is 0 Å². The number of hydrogen-bond donors (Lipinski definition) is 1. The molecule has 2 aromatic rings. The van der Waals surface area contributed by atoms with Gasteiger partial charge in [-0.15, -0.1) is 12.6 Å². The van der Waals surface area contributed by atoms with Crippen molar-refractivity contribution in [3.63, 3.8) is 0 Å². The summed E-state index contributed by atoms with van der Waals surface area (Å²) in [6.45, 7) is 5.27. The predicted molar refractivity (Wildman–Crippen MR) is 119 cm³/mol. The summed E-state index contributed by atoms with van der Waals surface area (Å²) in [5.41, 5.74) is 0.0814. The number of ketones is 1. The average Bonchev–Trinajstić information content (AvgIpc) is 2.67. The van der Waals surface area contributed by atoms with E-state index in [9.17, 15) is 9.59 Å². The van der Waals surface area contributed by atoms with E-state index in [1.807, 2.05) is 24.3 Å². The van der Waals surface area contributed by atoms with Crippen LogP contribution in [0.5, 0.6) is 5.75 Å². The van der Waals surface area contributed by atoms with E-state index in [4.69, 9.17) is 32.7 Å². The highest BCUT2D eigenvalue weighted by Gasteiger charge is 2.53. The molecule has 0 aliphatic rings. The molecule has 2 aromatic carbocycles. The molecule has 0 fully saturated rings. The van der Waals surface area contributed by atoms with Gasteiger partial charge >= 0.3 is 5.97 Å². The standard InChI is InChI=1S/C22H24Cl2O4S/c1-5-28-20(26)22(29,18-16(23)7-6-8-17(18)24)19(25)21(2,3)13-14-9-11-15(27-4)12-10-14/h6-12,29H,5,13H2,1-4H3. The topological polar surface area (TPSA) is 52.6 Å². The Morgan fingerprint density at radius 1 is 1.03 bits per heavy atom. The molecular formula is C22H24Cl2O4S. The zero-order valence-corrected chi connectivity index (χ0v) is 19.2. The zero-order valence-electron chi connectivity index (χ0n) is 16.8. The van der Waals surface area contributed by atoms with Gasteiger partial charge < -0.3 is 9.47 Å². The Kier molecular flexibility index (Phi) is 7.66. The summed E-state index contributed by atoms with van der Waals surface area (Å²) in [5, 5.41) is 0.350. The van der Waals surface area contributed by atoms with Crippen molar-refractivity contribution in [2.45, 2.75) is 31.9 Å². The number of hydrogen-bond acceptors (Lipinski definition) is 5. The largest absolute Gasteiger partial charge is 0.497 e. The minimum Gasteiger partial charge on any atom is -0.497 e. The van der Waals surface area contributed by atoms with Gasteiger partial charge in [0, 0.05) is 21.0 Å². The number of methoxy groups -OCH3 is 1. The molecule has 0 aliphatic heterocycles. The van der Waals surface area contributed by atoms with Crippen molar-refractivity contribution in [1.82, 2.24) is 0 Å². The summed E-state index contributed by atoms with van der Waals surface area (Å²) in [4.78, 5) is 26.7. The van der Waals surface area contributed by atoms with Crippen molar-refractivity contribution in [3.8, 4) is 5.75 Å². The van der Waals surface area contributed by atoms with Crippen LogP contribution < -0.4 is 4.74 Å². The van der Waals surface area contributed by atoms with Crippen LogP contribution in [0.3, 0.4) is 0 Å². The lowest BCUT2D eigenvalue weighted by Gasteiger charge is -2.34. The molecule has 0 radical (unpaired) electrons. The fraction of sp³-hybridized carbons (Fsp3) is 0.364. The Morgan fingerprint density at radius 3 is 2.07 bits per heavy atom. The molecule has 0 aliphatic carbocycles. The number of halogens is 2. The molecule has 0 spiro atoms. The molecule has 0 saturated carbocycles. The van der Waals surface area contributed by atoms with Crippen LogP contribution in [0.25, 0.3) is 0 Å². The minimum absolute atomic E-state index is 0.0927. The second-order valence-electron chi connectivity index (χ2n) is 7.27. The molecule has 0 amide bonds. The summed E-state index contributed by atoms with van der Waals surface area (Å²) in [6.07, 6.45) is 0.375. The number of Topliss-reactive ketones (excluding diaryl/α,β-unsaturated/α-hetero) is 1. The zero-order chi connectivity index (χ0) is 21.8. The number of esters is 1. The Morgan fingerprint density at radius 2 is 1.59 bits per heavy atom. The van der Waals surface area contributed by atoms with E-state index < -0.39 is 21.9 Å². The highest BCUT2D eigenvalue weighted by Crippen LogP contribution is 2.45. The first-order valence-electron chi connectivity index (χ1n) is 9.09. The number of thiol groups is 1. The van der Waals surface area contributed by atoms with Gasteiger partial charge in [0.1, 0.15) is 5.75 Å². The van der Waals surface area contributed by atoms with E-state index in [0.717, 1.165) is 11.3 Å². The van der Waals surface area contributed by atoms with Crippen molar-refractivity contribution >= 4 is 47.6 Å². The summed E-state index contributed by atoms with van der Waals surface area (Å²) in [7, 11) is 1.59. The molecular weight excluding hydrogens is 431 g/mol. The first-order chi connectivity index (χ1) is 13.6. The number of ether oxygens (including phenoxy) is 2. The fourth-order valence-corrected chi connectivity index (χ4v) is 4.63. The lowest BCUT2D eigenvalue weighted by Crippen LogP contribution is -2.48. The van der Waals surface area contributed by atoms with Crippen molar-refractivity contribution < 1.29 is 19.1 Å². The van der Waals surface area contributed by atoms with Gasteiger partial charge in [0.2, 0.25) is 0 Å². The van der Waals surface area contributed by atoms with Gasteiger partial charge in [-0.05, 0) is 43.2 Å². The molecule has 0 aromatic heterocycles. The van der Waals surface area contributed by atoms with E-state index in [2.05, 4.69) is 12.6 Å². The Labute approximate surface area is 186 Å². The van der Waals surface area contributed by atoms with Gasteiger partial charge in [0.05, 0.1) is 13.7 Å². The first-order valence-corrected chi connectivity index (χ1v) is 10.3. The third-order valence-electron chi connectivity index (χ3n) is 4.64. The minimum atomic E-state index is -1.94. The first kappa shape index (κ1) is 23.6. The molecule has 2 rings (SSSR count). The van der Waals surface area contributed by atoms with Crippen LogP contribution in [0.4, 0.5) is 0 Å². The van der Waals surface area contributed by atoms with E-state index in [1.54, 1.807) is 46.1 Å². The normalized spacial score (nSPS) is 13.5. The molecule has 0 N–H and O–H groups in total. The van der Waals surface area contributed by atoms with Crippen molar-refractivity contribution in [2.75, 3.05) is 13.7 Å². The molecule has 156 valence electrons. The maximum absolute atomic E-state index is 13.7. The Hall–Kier alpha value is -1.69. The summed E-state index contributed by atoms with van der Waals surface area (Å²) in [5.74, 6) is -0.528. The number of carbonyl (C=O) groups excluding carboxylic acids is 2. The van der Waals surface area contributed by atoms with Gasteiger partial charge in [-0.3, -0.25) is 4.79 Å². The summed E-state index contributed by atoms with van der Waals surface area (Å²) >= 11 is 17.2. The number of rotatable bonds is 8. The van der Waals surface area contributed by atoms with E-state index in [1.165, 1.54) is 0 Å². The highest BCUT2D eigenvalue weighted by atomic mass is 35.5. The summed E-state index contributed by atoms with van der Waals surface area (Å²) in [6, 6.07) is 12.2. The van der Waals surface area contributed by atoms with Crippen molar-refractivity contribution in [2.24, 2.45) is 5.41 Å². The monoisotopic (exact) mass is 454 g/mol. The molecule has 0 bridgehead atoms. The molecule has 0 saturated heterocycles. The van der Waals surface area contributed by atoms with Crippen LogP contribution in [-0.4, -0.2) is 25.5 Å². The van der Waals surface area contributed by atoms with Gasteiger partial charge in [-0.25, -0.2) is 4.79 Å². The lowest BCUT2D eigenvalue weighted by molar-refractivity contribution is -0.151. The molecule has 0 heterocycles. The SMILES string of the molecule is CCOC(=O)C(S)(C(=O)C(C)(C)Cc1ccc(OC)cc1)c1c(Cl)cccc1Cl. The molecule has 29 heavy (non-hydrogen) atoms. The molecule has 1 unspecified atom stereocenters. The third kappa shape index (κ3) is 4.90. The second kappa shape index (κ2) is 9.41. The third-order valence-corrected chi connectivity index (χ3v) is 5.88. The molecule has 1 atom stereocenters. The Balaban J connectivity index is 2.51. The number of benzene rings is 2. The van der Waals surface area contributed by atoms with Crippen LogP contribution in [0.1, 0.15) is 31.9 Å². The van der Waals surface area contributed by atoms with Crippen molar-refractivity contribution in [1.29, 1.82) is 0 Å². The van der Waals surface area contributed by atoms with E-state index >= 15 is 0 Å². The highest BCUT2D eigenvalue weighted by molar-refractivity contribution is 7.83. The van der Waals surface area contributed by atoms with Crippen LogP contribution in [0.2, 0.25) is 10.0 Å². The van der Waals surface area contributed by atoms with Crippen LogP contribution in [0.15, 0.2) is 42.5 Å². The van der Waals surface area contributed by atoms with E-state index in [0.29, 0.717) is 6.42 Å². The van der Waals surface area contributed by atoms with Gasteiger partial charge in [0.15, 0.2) is 10.5 Å².